The summed E-state index contributed by atoms with van der Waals surface area (Å²) in [6, 6.07) is 7.60. The lowest BCUT2D eigenvalue weighted by molar-refractivity contribution is 0.0429. The summed E-state index contributed by atoms with van der Waals surface area (Å²) in [5.74, 6) is -0.347. The maximum atomic E-state index is 12.8. The summed E-state index contributed by atoms with van der Waals surface area (Å²) in [5, 5.41) is 9.06. The van der Waals surface area contributed by atoms with E-state index in [4.69, 9.17) is 19.1 Å². The molecule has 12 heteroatoms. The van der Waals surface area contributed by atoms with Gasteiger partial charge < -0.3 is 18.9 Å². The summed E-state index contributed by atoms with van der Waals surface area (Å²) in [6.07, 6.45) is 3.20. The number of morpholine rings is 1. The van der Waals surface area contributed by atoms with E-state index in [0.29, 0.717) is 43.4 Å². The molecular weight excluding hydrogens is 426 g/mol. The second-order valence-electron chi connectivity index (χ2n) is 6.65. The number of carbonyl (C=O) groups is 1. The monoisotopic (exact) mass is 445 g/mol. The van der Waals surface area contributed by atoms with Crippen molar-refractivity contribution < 1.29 is 27.2 Å². The van der Waals surface area contributed by atoms with Gasteiger partial charge in [-0.05, 0) is 30.3 Å². The molecule has 2 aromatic heterocycles. The van der Waals surface area contributed by atoms with Crippen LogP contribution >= 0.6 is 0 Å². The minimum atomic E-state index is -4.00. The van der Waals surface area contributed by atoms with Crippen molar-refractivity contribution in [3.05, 3.63) is 54.2 Å². The molecule has 1 saturated heterocycles. The molecule has 0 bridgehead atoms. The van der Waals surface area contributed by atoms with Crippen LogP contribution in [0.15, 0.2) is 52.1 Å². The quantitative estimate of drug-likeness (QED) is 0.544. The molecule has 1 aliphatic heterocycles. The Balaban J connectivity index is 1.55. The van der Waals surface area contributed by atoms with Gasteiger partial charge in [0, 0.05) is 31.0 Å². The van der Waals surface area contributed by atoms with Crippen LogP contribution in [0.1, 0.15) is 16.2 Å². The minimum Gasteiger partial charge on any atom is -0.452 e. The van der Waals surface area contributed by atoms with Crippen molar-refractivity contribution in [2.24, 2.45) is 5.14 Å². The first-order valence-electron chi connectivity index (χ1n) is 9.31. The molecule has 0 spiro atoms. The molecule has 11 nitrogen and oxygen atoms in total. The number of nitrogens with zero attached hydrogens (tertiary/aromatic N) is 4. The van der Waals surface area contributed by atoms with E-state index in [0.717, 1.165) is 0 Å². The molecule has 0 atom stereocenters. The molecule has 162 valence electrons. The van der Waals surface area contributed by atoms with Crippen molar-refractivity contribution in [3.8, 4) is 11.4 Å². The van der Waals surface area contributed by atoms with Crippen molar-refractivity contribution in [1.82, 2.24) is 15.1 Å². The lowest BCUT2D eigenvalue weighted by Crippen LogP contribution is -2.37. The third-order valence-electron chi connectivity index (χ3n) is 4.58. The first kappa shape index (κ1) is 20.9. The van der Waals surface area contributed by atoms with E-state index in [2.05, 4.69) is 15.1 Å². The Kier molecular flexibility index (Phi) is 5.93. The Hall–Kier alpha value is -3.35. The Morgan fingerprint density at radius 1 is 1.23 bits per heavy atom. The number of ether oxygens (including phenoxy) is 2. The largest absolute Gasteiger partial charge is 0.452 e. The Bertz CT molecular complexity index is 1180. The fraction of sp³-hybridized carbons (Fsp3) is 0.263. The molecule has 0 saturated carbocycles. The zero-order valence-electron chi connectivity index (χ0n) is 16.3. The van der Waals surface area contributed by atoms with Crippen LogP contribution < -0.4 is 10.0 Å². The smallest absolute Gasteiger partial charge is 0.340 e. The van der Waals surface area contributed by atoms with E-state index in [1.807, 2.05) is 4.90 Å². The molecule has 1 aromatic carbocycles. The van der Waals surface area contributed by atoms with Gasteiger partial charge in [-0.3, -0.25) is 4.98 Å². The van der Waals surface area contributed by atoms with E-state index in [1.165, 1.54) is 18.2 Å². The van der Waals surface area contributed by atoms with Crippen molar-refractivity contribution in [3.63, 3.8) is 0 Å². The Labute approximate surface area is 177 Å². The summed E-state index contributed by atoms with van der Waals surface area (Å²) < 4.78 is 39.3. The molecule has 4 rings (SSSR count). The molecule has 0 aliphatic carbocycles. The van der Waals surface area contributed by atoms with Gasteiger partial charge in [0.05, 0.1) is 29.4 Å². The highest BCUT2D eigenvalue weighted by Gasteiger charge is 2.23. The molecule has 3 aromatic rings. The SMILES string of the molecule is NS(=O)(=O)c1ccc(N2CCOCC2)c(C(=O)OCc2nc(-c3cccnc3)no2)c1. The summed E-state index contributed by atoms with van der Waals surface area (Å²) in [7, 11) is -4.00. The maximum Gasteiger partial charge on any atom is 0.340 e. The predicted octanol–water partition coefficient (Wildman–Crippen LogP) is 0.973. The lowest BCUT2D eigenvalue weighted by atomic mass is 10.1. The average molecular weight is 445 g/mol. The highest BCUT2D eigenvalue weighted by Crippen LogP contribution is 2.26. The molecule has 31 heavy (non-hydrogen) atoms. The van der Waals surface area contributed by atoms with Crippen LogP contribution in [0, 0.1) is 0 Å². The number of esters is 1. The topological polar surface area (TPSA) is 151 Å². The number of anilines is 1. The molecule has 3 heterocycles. The van der Waals surface area contributed by atoms with Gasteiger partial charge in [0.15, 0.2) is 6.61 Å². The minimum absolute atomic E-state index is 0.0698. The zero-order valence-corrected chi connectivity index (χ0v) is 17.1. The molecule has 2 N–H and O–H groups in total. The average Bonchev–Trinajstić information content (AvgIpc) is 3.27. The number of benzene rings is 1. The number of primary sulfonamides is 1. The maximum absolute atomic E-state index is 12.8. The summed E-state index contributed by atoms with van der Waals surface area (Å²) in [4.78, 5) is 22.7. The van der Waals surface area contributed by atoms with Crippen LogP contribution in [0.25, 0.3) is 11.4 Å². The number of sulfonamides is 1. The van der Waals surface area contributed by atoms with Gasteiger partial charge in [0.1, 0.15) is 0 Å². The highest BCUT2D eigenvalue weighted by atomic mass is 32.2. The fourth-order valence-corrected chi connectivity index (χ4v) is 3.61. The molecule has 0 unspecified atom stereocenters. The van der Waals surface area contributed by atoms with Crippen molar-refractivity contribution in [2.75, 3.05) is 31.2 Å². The van der Waals surface area contributed by atoms with Crippen LogP contribution in [0.3, 0.4) is 0 Å². The van der Waals surface area contributed by atoms with Crippen molar-refractivity contribution in [1.29, 1.82) is 0 Å². The number of nitrogens with two attached hydrogens (primary N) is 1. The number of carbonyl (C=O) groups excluding carboxylic acids is 1. The molecule has 1 aliphatic rings. The first-order chi connectivity index (χ1) is 14.9. The van der Waals surface area contributed by atoms with E-state index in [-0.39, 0.29) is 23.0 Å². The standard InChI is InChI=1S/C19H19N5O6S/c20-31(26,27)14-3-4-16(24-6-8-28-9-7-24)15(10-14)19(25)29-12-17-22-18(23-30-17)13-2-1-5-21-11-13/h1-5,10-11H,6-9,12H2,(H2,20,26,27). The zero-order chi connectivity index (χ0) is 21.8. The number of aromatic nitrogens is 3. The number of hydrogen-bond donors (Lipinski definition) is 1. The predicted molar refractivity (Wildman–Crippen MR) is 107 cm³/mol. The highest BCUT2D eigenvalue weighted by molar-refractivity contribution is 7.89. The summed E-state index contributed by atoms with van der Waals surface area (Å²) in [5.41, 5.74) is 1.25. The lowest BCUT2D eigenvalue weighted by Gasteiger charge is -2.30. The molecule has 1 fully saturated rings. The number of rotatable bonds is 6. The van der Waals surface area contributed by atoms with Gasteiger partial charge in [-0.15, -0.1) is 0 Å². The normalized spacial score (nSPS) is 14.4. The third-order valence-corrected chi connectivity index (χ3v) is 5.49. The molecule has 0 radical (unpaired) electrons. The van der Waals surface area contributed by atoms with Crippen molar-refractivity contribution >= 4 is 21.7 Å². The number of pyridine rings is 1. The van der Waals surface area contributed by atoms with Crippen LogP contribution in [-0.2, 0) is 26.1 Å². The van der Waals surface area contributed by atoms with Crippen LogP contribution in [0.5, 0.6) is 0 Å². The van der Waals surface area contributed by atoms with Gasteiger partial charge >= 0.3 is 5.97 Å². The van der Waals surface area contributed by atoms with Crippen molar-refractivity contribution in [2.45, 2.75) is 11.5 Å². The van der Waals surface area contributed by atoms with Gasteiger partial charge in [-0.2, -0.15) is 4.98 Å². The van der Waals surface area contributed by atoms with E-state index < -0.39 is 16.0 Å². The van der Waals surface area contributed by atoms with Crippen LogP contribution in [0.2, 0.25) is 0 Å². The van der Waals surface area contributed by atoms with Crippen LogP contribution in [0.4, 0.5) is 5.69 Å². The van der Waals surface area contributed by atoms with Gasteiger partial charge in [0.25, 0.3) is 5.89 Å². The second-order valence-corrected chi connectivity index (χ2v) is 8.21. The second kappa shape index (κ2) is 8.79. The van der Waals surface area contributed by atoms with Gasteiger partial charge in [-0.1, -0.05) is 5.16 Å². The first-order valence-corrected chi connectivity index (χ1v) is 10.9. The Morgan fingerprint density at radius 2 is 2.03 bits per heavy atom. The van der Waals surface area contributed by atoms with Gasteiger partial charge in [-0.25, -0.2) is 18.4 Å². The summed E-state index contributed by atoms with van der Waals surface area (Å²) in [6.45, 7) is 1.80. The number of hydrogen-bond acceptors (Lipinski definition) is 10. The summed E-state index contributed by atoms with van der Waals surface area (Å²) >= 11 is 0. The van der Waals surface area contributed by atoms with E-state index >= 15 is 0 Å². The van der Waals surface area contributed by atoms with Crippen LogP contribution in [-0.4, -0.2) is 55.8 Å². The molecular formula is C19H19N5O6S. The molecule has 0 amide bonds. The fourth-order valence-electron chi connectivity index (χ4n) is 3.07. The van der Waals surface area contributed by atoms with E-state index in [9.17, 15) is 13.2 Å². The van der Waals surface area contributed by atoms with Gasteiger partial charge in [0.2, 0.25) is 15.8 Å². The Morgan fingerprint density at radius 3 is 2.74 bits per heavy atom. The van der Waals surface area contributed by atoms with E-state index in [1.54, 1.807) is 24.5 Å². The third kappa shape index (κ3) is 4.87.